The van der Waals surface area contributed by atoms with Crippen LogP contribution in [0.5, 0.6) is 0 Å². The number of halogens is 1. The van der Waals surface area contributed by atoms with Crippen molar-refractivity contribution in [2.45, 2.75) is 83.3 Å². The predicted octanol–water partition coefficient (Wildman–Crippen LogP) is 5.52. The summed E-state index contributed by atoms with van der Waals surface area (Å²) in [5.74, 6) is 1.66. The zero-order valence-corrected chi connectivity index (χ0v) is 26.0. The number of benzene rings is 2. The molecule has 4 aliphatic rings. The van der Waals surface area contributed by atoms with E-state index in [9.17, 15) is 18.0 Å². The first-order valence-electron chi connectivity index (χ1n) is 14.8. The molecule has 0 heterocycles. The van der Waals surface area contributed by atoms with Crippen LogP contribution in [-0.2, 0) is 31.6 Å². The van der Waals surface area contributed by atoms with E-state index < -0.39 is 28.5 Å². The van der Waals surface area contributed by atoms with Crippen molar-refractivity contribution in [3.05, 3.63) is 64.7 Å². The molecule has 0 saturated heterocycles. The third-order valence-electron chi connectivity index (χ3n) is 9.33. The molecular weight excluding hydrogens is 558 g/mol. The summed E-state index contributed by atoms with van der Waals surface area (Å²) in [5.41, 5.74) is 2.70. The zero-order valence-electron chi connectivity index (χ0n) is 24.5. The number of sulfonamides is 1. The number of nitrogens with zero attached hydrogens (tertiary/aromatic N) is 2. The summed E-state index contributed by atoms with van der Waals surface area (Å²) >= 11 is 6.18. The molecule has 4 aliphatic carbocycles. The molecule has 0 spiro atoms. The maximum Gasteiger partial charge on any atom is 0.244 e. The maximum absolute atomic E-state index is 13.8. The Labute approximate surface area is 249 Å². The lowest BCUT2D eigenvalue weighted by Crippen LogP contribution is -2.52. The minimum absolute atomic E-state index is 0.104. The fourth-order valence-electron chi connectivity index (χ4n) is 7.88. The molecule has 41 heavy (non-hydrogen) atoms. The van der Waals surface area contributed by atoms with Crippen molar-refractivity contribution in [2.24, 2.45) is 17.8 Å². The average Bonchev–Trinajstić information content (AvgIpc) is 2.88. The molecule has 0 unspecified atom stereocenters. The zero-order chi connectivity index (χ0) is 29.5. The lowest BCUT2D eigenvalue weighted by molar-refractivity contribution is -0.139. The number of nitrogens with one attached hydrogen (secondary N) is 1. The van der Waals surface area contributed by atoms with Crippen LogP contribution in [0.15, 0.2) is 48.5 Å². The monoisotopic (exact) mass is 599 g/mol. The molecule has 1 atom stereocenters. The molecule has 9 heteroatoms. The van der Waals surface area contributed by atoms with Crippen LogP contribution in [0.3, 0.4) is 0 Å². The van der Waals surface area contributed by atoms with Crippen LogP contribution in [0.25, 0.3) is 0 Å². The third kappa shape index (κ3) is 6.59. The third-order valence-corrected chi connectivity index (χ3v) is 10.7. The van der Waals surface area contributed by atoms with Crippen molar-refractivity contribution < 1.29 is 18.0 Å². The van der Waals surface area contributed by atoms with Crippen molar-refractivity contribution >= 4 is 39.1 Å². The second kappa shape index (κ2) is 11.6. The summed E-state index contributed by atoms with van der Waals surface area (Å²) in [6.07, 6.45) is 8.87. The second-order valence-electron chi connectivity index (χ2n) is 13.0. The van der Waals surface area contributed by atoms with Gasteiger partial charge in [-0.25, -0.2) is 8.42 Å². The van der Waals surface area contributed by atoms with Crippen LogP contribution in [0.2, 0.25) is 5.02 Å². The Balaban J connectivity index is 1.39. The normalized spacial score (nSPS) is 25.7. The van der Waals surface area contributed by atoms with Crippen molar-refractivity contribution in [1.82, 2.24) is 10.2 Å². The van der Waals surface area contributed by atoms with E-state index in [2.05, 4.69) is 17.4 Å². The van der Waals surface area contributed by atoms with Crippen molar-refractivity contribution in [3.8, 4) is 0 Å². The first kappa shape index (κ1) is 29.9. The summed E-state index contributed by atoms with van der Waals surface area (Å²) in [7, 11) is -3.78. The van der Waals surface area contributed by atoms with Gasteiger partial charge in [-0.15, -0.1) is 0 Å². The molecule has 1 N–H and O–H groups in total. The summed E-state index contributed by atoms with van der Waals surface area (Å²) in [5, 5.41) is 3.38. The summed E-state index contributed by atoms with van der Waals surface area (Å²) < 4.78 is 27.2. The largest absolute Gasteiger partial charge is 0.352 e. The molecule has 2 amide bonds. The van der Waals surface area contributed by atoms with Gasteiger partial charge < -0.3 is 10.2 Å². The highest BCUT2D eigenvalue weighted by molar-refractivity contribution is 7.92. The SMILES string of the molecule is CC(C)NC(=O)[C@@H](C)N(Cc1cccc(Cl)c1)C(=O)CN(c1ccc(C23CC4CC(CC(C4)C2)C3)cc1)S(C)(=O)=O. The number of amides is 2. The number of carbonyl (C=O) groups excluding carboxylic acids is 2. The molecule has 4 saturated carbocycles. The highest BCUT2D eigenvalue weighted by atomic mass is 35.5. The van der Waals surface area contributed by atoms with Crippen molar-refractivity contribution in [3.63, 3.8) is 0 Å². The van der Waals surface area contributed by atoms with Crippen LogP contribution < -0.4 is 9.62 Å². The lowest BCUT2D eigenvalue weighted by Gasteiger charge is -2.57. The fraction of sp³-hybridized carbons (Fsp3) is 0.562. The molecule has 222 valence electrons. The summed E-state index contributed by atoms with van der Waals surface area (Å²) in [4.78, 5) is 28.2. The fourth-order valence-corrected chi connectivity index (χ4v) is 8.94. The van der Waals surface area contributed by atoms with E-state index in [1.807, 2.05) is 32.0 Å². The Hall–Kier alpha value is -2.58. The van der Waals surface area contributed by atoms with Gasteiger partial charge >= 0.3 is 0 Å². The standard InChI is InChI=1S/C32H42ClN3O4S/c1-21(2)34-31(38)22(3)35(19-23-6-5-7-28(33)15-23)30(37)20-36(41(4,39)40)29-10-8-27(9-11-29)32-16-24-12-25(17-32)14-26(13-24)18-32/h5-11,15,21-22,24-26H,12-14,16-20H2,1-4H3,(H,34,38)/t22-,24?,25?,26?,32?/m1/s1. The number of rotatable bonds is 10. The van der Waals surface area contributed by atoms with Crippen LogP contribution in [0.4, 0.5) is 5.69 Å². The van der Waals surface area contributed by atoms with Gasteiger partial charge in [-0.1, -0.05) is 35.9 Å². The van der Waals surface area contributed by atoms with Gasteiger partial charge in [0.1, 0.15) is 12.6 Å². The highest BCUT2D eigenvalue weighted by Crippen LogP contribution is 2.60. The van der Waals surface area contributed by atoms with Crippen LogP contribution in [0, 0.1) is 17.8 Å². The van der Waals surface area contributed by atoms with Gasteiger partial charge in [-0.05, 0) is 118 Å². The average molecular weight is 600 g/mol. The van der Waals surface area contributed by atoms with Gasteiger partial charge in [-0.3, -0.25) is 13.9 Å². The quantitative estimate of drug-likeness (QED) is 0.390. The molecular formula is C32H42ClN3O4S. The molecule has 7 nitrogen and oxygen atoms in total. The van der Waals surface area contributed by atoms with Gasteiger partial charge in [0.25, 0.3) is 0 Å². The maximum atomic E-state index is 13.8. The second-order valence-corrected chi connectivity index (χ2v) is 15.3. The Morgan fingerprint density at radius 1 is 0.976 bits per heavy atom. The Bertz CT molecular complexity index is 1360. The highest BCUT2D eigenvalue weighted by Gasteiger charge is 2.51. The van der Waals surface area contributed by atoms with E-state index in [1.165, 1.54) is 49.0 Å². The molecule has 0 aromatic heterocycles. The van der Waals surface area contributed by atoms with Crippen molar-refractivity contribution in [1.29, 1.82) is 0 Å². The smallest absolute Gasteiger partial charge is 0.244 e. The molecule has 4 fully saturated rings. The molecule has 4 bridgehead atoms. The van der Waals surface area contributed by atoms with E-state index in [1.54, 1.807) is 25.1 Å². The van der Waals surface area contributed by atoms with Gasteiger partial charge in [0.05, 0.1) is 11.9 Å². The first-order valence-corrected chi connectivity index (χ1v) is 17.0. The minimum Gasteiger partial charge on any atom is -0.352 e. The summed E-state index contributed by atoms with van der Waals surface area (Å²) in [6.45, 7) is 5.08. The van der Waals surface area contributed by atoms with Gasteiger partial charge in [0.15, 0.2) is 0 Å². The summed E-state index contributed by atoms with van der Waals surface area (Å²) in [6, 6.07) is 14.0. The van der Waals surface area contributed by atoms with Crippen LogP contribution in [-0.4, -0.2) is 50.0 Å². The van der Waals surface area contributed by atoms with E-state index >= 15 is 0 Å². The van der Waals surface area contributed by atoms with E-state index in [-0.39, 0.29) is 23.9 Å². The molecule has 0 aliphatic heterocycles. The van der Waals surface area contributed by atoms with Crippen LogP contribution >= 0.6 is 11.6 Å². The topological polar surface area (TPSA) is 86.8 Å². The van der Waals surface area contributed by atoms with Gasteiger partial charge in [0, 0.05) is 17.6 Å². The number of hydrogen-bond donors (Lipinski definition) is 1. The Morgan fingerprint density at radius 2 is 1.56 bits per heavy atom. The van der Waals surface area contributed by atoms with Gasteiger partial charge in [-0.2, -0.15) is 0 Å². The molecule has 6 rings (SSSR count). The van der Waals surface area contributed by atoms with E-state index in [0.717, 1.165) is 33.9 Å². The predicted molar refractivity (Wildman–Crippen MR) is 163 cm³/mol. The first-order chi connectivity index (χ1) is 19.3. The lowest BCUT2D eigenvalue weighted by atomic mass is 9.48. The minimum atomic E-state index is -3.78. The number of hydrogen-bond acceptors (Lipinski definition) is 4. The number of carbonyl (C=O) groups is 2. The van der Waals surface area contributed by atoms with E-state index in [4.69, 9.17) is 11.6 Å². The molecule has 0 radical (unpaired) electrons. The molecule has 2 aromatic rings. The Kier molecular flexibility index (Phi) is 8.46. The Morgan fingerprint density at radius 3 is 2.07 bits per heavy atom. The molecule has 2 aromatic carbocycles. The van der Waals surface area contributed by atoms with E-state index in [0.29, 0.717) is 10.7 Å². The van der Waals surface area contributed by atoms with Crippen LogP contribution in [0.1, 0.15) is 70.4 Å². The number of anilines is 1. The van der Waals surface area contributed by atoms with Crippen molar-refractivity contribution in [2.75, 3.05) is 17.1 Å². The van der Waals surface area contributed by atoms with Gasteiger partial charge in [0.2, 0.25) is 21.8 Å².